The van der Waals surface area contributed by atoms with E-state index in [9.17, 15) is 37.7 Å². The van der Waals surface area contributed by atoms with E-state index in [0.717, 1.165) is 22.3 Å². The molecule has 2 N–H and O–H groups in total. The monoisotopic (exact) mass is 814 g/mol. The topological polar surface area (TPSA) is 224 Å². The zero-order valence-electron chi connectivity index (χ0n) is 30.8. The number of sulfone groups is 1. The zero-order valence-corrected chi connectivity index (χ0v) is 32.4. The summed E-state index contributed by atoms with van der Waals surface area (Å²) in [7, 11) is -3.56. The predicted molar refractivity (Wildman–Crippen MR) is 202 cm³/mol. The quantitative estimate of drug-likeness (QED) is 0.105. The van der Waals surface area contributed by atoms with Crippen molar-refractivity contribution in [3.63, 3.8) is 0 Å². The number of nitriles is 1. The van der Waals surface area contributed by atoms with E-state index in [2.05, 4.69) is 26.7 Å². The molecule has 18 heteroatoms. The number of nitrogens with zero attached hydrogens (tertiary/aromatic N) is 4. The minimum atomic E-state index is -3.56. The van der Waals surface area contributed by atoms with Crippen LogP contribution in [-0.2, 0) is 41.0 Å². The number of anilines is 1. The standard InChI is InChI=1S/C39H35ClN6O10S/c1-39(2,23-4-7-27(8-5-23)56-20-26-12-13-42-38(44-26)57(3,52)53)24-16-22(19-41)34(30(40)17-24)55-15-14-54-21-33(48)43-25-6-9-28-29(18-25)37(51)46(36(28)50)31-10-11-32(47)45-35(31)49/h4-9,12-13,16-18,31H,10-11,14-15,20-21H2,1-3H3,(H,43,48)(H,45,47,49). The Bertz CT molecular complexity index is 2450. The Morgan fingerprint density at radius 1 is 1.00 bits per heavy atom. The van der Waals surface area contributed by atoms with Gasteiger partial charge in [0.25, 0.3) is 11.8 Å². The van der Waals surface area contributed by atoms with Gasteiger partial charge in [0.05, 0.1) is 34.0 Å². The van der Waals surface area contributed by atoms with E-state index in [1.165, 1.54) is 24.4 Å². The third-order valence-corrected chi connectivity index (χ3v) is 10.4. The Morgan fingerprint density at radius 2 is 1.74 bits per heavy atom. The van der Waals surface area contributed by atoms with E-state index in [1.54, 1.807) is 30.3 Å². The third kappa shape index (κ3) is 8.93. The van der Waals surface area contributed by atoms with Crippen LogP contribution in [0.3, 0.4) is 0 Å². The van der Waals surface area contributed by atoms with Crippen molar-refractivity contribution < 1.29 is 46.6 Å². The second-order valence-corrected chi connectivity index (χ2v) is 16.0. The van der Waals surface area contributed by atoms with Crippen molar-refractivity contribution in [1.29, 1.82) is 5.26 Å². The molecule has 0 saturated carbocycles. The average Bonchev–Trinajstić information content (AvgIpc) is 3.41. The second-order valence-electron chi connectivity index (χ2n) is 13.6. The molecule has 1 atom stereocenters. The van der Waals surface area contributed by atoms with Crippen molar-refractivity contribution in [2.24, 2.45) is 0 Å². The van der Waals surface area contributed by atoms with Gasteiger partial charge in [-0.2, -0.15) is 5.26 Å². The molecule has 0 aliphatic carbocycles. The summed E-state index contributed by atoms with van der Waals surface area (Å²) in [6.45, 7) is 3.52. The lowest BCUT2D eigenvalue weighted by atomic mass is 9.77. The van der Waals surface area contributed by atoms with E-state index < -0.39 is 50.8 Å². The number of hydrogen-bond acceptors (Lipinski definition) is 13. The van der Waals surface area contributed by atoms with Crippen LogP contribution in [0, 0.1) is 11.3 Å². The molecule has 0 radical (unpaired) electrons. The summed E-state index contributed by atoms with van der Waals surface area (Å²) in [5, 5.41) is 14.6. The van der Waals surface area contributed by atoms with Crippen molar-refractivity contribution >= 4 is 56.7 Å². The largest absolute Gasteiger partial charge is 0.488 e. The average molecular weight is 815 g/mol. The highest BCUT2D eigenvalue weighted by molar-refractivity contribution is 7.90. The van der Waals surface area contributed by atoms with Crippen LogP contribution < -0.4 is 20.1 Å². The van der Waals surface area contributed by atoms with Gasteiger partial charge in [0.15, 0.2) is 5.75 Å². The van der Waals surface area contributed by atoms with E-state index in [0.29, 0.717) is 11.4 Å². The fraction of sp³-hybridized carbons (Fsp3) is 0.282. The van der Waals surface area contributed by atoms with Crippen molar-refractivity contribution in [1.82, 2.24) is 20.2 Å². The molecule has 5 amide bonds. The predicted octanol–water partition coefficient (Wildman–Crippen LogP) is 3.75. The van der Waals surface area contributed by atoms with Crippen LogP contribution in [-0.4, -0.2) is 84.9 Å². The number of imide groups is 2. The lowest BCUT2D eigenvalue weighted by molar-refractivity contribution is -0.136. The van der Waals surface area contributed by atoms with Gasteiger partial charge >= 0.3 is 0 Å². The van der Waals surface area contributed by atoms with Gasteiger partial charge in [-0.3, -0.25) is 34.2 Å². The van der Waals surface area contributed by atoms with Crippen LogP contribution in [0.15, 0.2) is 72.0 Å². The summed E-state index contributed by atoms with van der Waals surface area (Å²) in [4.78, 5) is 71.1. The number of benzene rings is 3. The maximum Gasteiger partial charge on any atom is 0.262 e. The molecule has 1 saturated heterocycles. The highest BCUT2D eigenvalue weighted by atomic mass is 35.5. The number of carbonyl (C=O) groups is 5. The molecule has 57 heavy (non-hydrogen) atoms. The number of halogens is 1. The summed E-state index contributed by atoms with van der Waals surface area (Å²) in [5.74, 6) is -2.42. The Hall–Kier alpha value is -6.22. The molecule has 3 aromatic carbocycles. The van der Waals surface area contributed by atoms with Gasteiger partial charge < -0.3 is 19.5 Å². The van der Waals surface area contributed by atoms with Crippen molar-refractivity contribution in [2.45, 2.75) is 49.9 Å². The van der Waals surface area contributed by atoms with Crippen LogP contribution in [0.5, 0.6) is 11.5 Å². The van der Waals surface area contributed by atoms with Crippen LogP contribution in [0.2, 0.25) is 5.02 Å². The summed E-state index contributed by atoms with van der Waals surface area (Å²) >= 11 is 6.62. The van der Waals surface area contributed by atoms with Crippen LogP contribution in [0.4, 0.5) is 5.69 Å². The fourth-order valence-corrected chi connectivity index (χ4v) is 7.03. The maximum absolute atomic E-state index is 13.1. The molecule has 0 bridgehead atoms. The second kappa shape index (κ2) is 16.5. The summed E-state index contributed by atoms with van der Waals surface area (Å²) in [5.41, 5.74) is 1.96. The molecule has 3 heterocycles. The first-order chi connectivity index (χ1) is 27.1. The van der Waals surface area contributed by atoms with E-state index in [1.807, 2.05) is 26.0 Å². The summed E-state index contributed by atoms with van der Waals surface area (Å²) in [6, 6.07) is 17.4. The zero-order chi connectivity index (χ0) is 41.1. The van der Waals surface area contributed by atoms with Crippen LogP contribution in [0.25, 0.3) is 0 Å². The van der Waals surface area contributed by atoms with Crippen molar-refractivity contribution in [3.05, 3.63) is 105 Å². The summed E-state index contributed by atoms with van der Waals surface area (Å²) < 4.78 is 40.6. The fourth-order valence-electron chi connectivity index (χ4n) is 6.22. The highest BCUT2D eigenvalue weighted by Crippen LogP contribution is 2.39. The number of nitrogens with one attached hydrogen (secondary N) is 2. The Labute approximate surface area is 332 Å². The smallest absolute Gasteiger partial charge is 0.262 e. The molecule has 0 spiro atoms. The molecular weight excluding hydrogens is 780 g/mol. The highest BCUT2D eigenvalue weighted by Gasteiger charge is 2.44. The number of aromatic nitrogens is 2. The lowest BCUT2D eigenvalue weighted by Crippen LogP contribution is -2.54. The minimum absolute atomic E-state index is 0.00324. The van der Waals surface area contributed by atoms with Gasteiger partial charge in [0, 0.05) is 30.0 Å². The van der Waals surface area contributed by atoms with Gasteiger partial charge in [-0.25, -0.2) is 18.4 Å². The summed E-state index contributed by atoms with van der Waals surface area (Å²) in [6.07, 6.45) is 2.41. The molecule has 1 unspecified atom stereocenters. The van der Waals surface area contributed by atoms with Gasteiger partial charge in [-0.1, -0.05) is 37.6 Å². The number of ether oxygens (including phenoxy) is 3. The normalized spacial score (nSPS) is 15.5. The minimum Gasteiger partial charge on any atom is -0.488 e. The molecule has 16 nitrogen and oxygen atoms in total. The number of rotatable bonds is 14. The first kappa shape index (κ1) is 40.4. The lowest BCUT2D eigenvalue weighted by Gasteiger charge is -2.27. The molecule has 294 valence electrons. The first-order valence-corrected chi connectivity index (χ1v) is 19.7. The van der Waals surface area contributed by atoms with E-state index >= 15 is 0 Å². The molecule has 2 aliphatic heterocycles. The molecular formula is C39H35ClN6O10S. The number of hydrogen-bond donors (Lipinski definition) is 2. The van der Waals surface area contributed by atoms with Crippen LogP contribution >= 0.6 is 11.6 Å². The molecule has 4 aromatic rings. The molecule has 6 rings (SSSR count). The van der Waals surface area contributed by atoms with Gasteiger partial charge in [-0.05, 0) is 66.1 Å². The molecule has 1 fully saturated rings. The molecule has 1 aromatic heterocycles. The van der Waals surface area contributed by atoms with E-state index in [4.69, 9.17) is 25.8 Å². The van der Waals surface area contributed by atoms with E-state index in [-0.39, 0.29) is 77.6 Å². The Morgan fingerprint density at radius 3 is 2.44 bits per heavy atom. The SMILES string of the molecule is CC(C)(c1ccc(OCc2ccnc(S(C)(=O)=O)n2)cc1)c1cc(Cl)c(OCCOCC(=O)Nc2ccc3c(c2)C(=O)N(C2CCC(=O)NC2=O)C3=O)c(C#N)c1. The first-order valence-electron chi connectivity index (χ1n) is 17.4. The molecule has 2 aliphatic rings. The van der Waals surface area contributed by atoms with Gasteiger partial charge in [0.2, 0.25) is 32.7 Å². The number of piperidine rings is 1. The third-order valence-electron chi connectivity index (χ3n) is 9.30. The maximum atomic E-state index is 13.1. The van der Waals surface area contributed by atoms with Crippen molar-refractivity contribution in [2.75, 3.05) is 31.4 Å². The van der Waals surface area contributed by atoms with Crippen LogP contribution in [0.1, 0.15) is 69.8 Å². The Kier molecular flexibility index (Phi) is 11.7. The number of fused-ring (bicyclic) bond motifs is 1. The van der Waals surface area contributed by atoms with Crippen molar-refractivity contribution in [3.8, 4) is 17.6 Å². The number of carbonyl (C=O) groups excluding carboxylic acids is 5. The van der Waals surface area contributed by atoms with Gasteiger partial charge in [0.1, 0.15) is 37.7 Å². The number of amides is 5. The Balaban J connectivity index is 0.997. The van der Waals surface area contributed by atoms with Gasteiger partial charge in [-0.15, -0.1) is 0 Å².